The van der Waals surface area contributed by atoms with Gasteiger partial charge in [-0.25, -0.2) is 0 Å². The van der Waals surface area contributed by atoms with Crippen molar-refractivity contribution in [2.45, 2.75) is 33.2 Å². The molecule has 0 saturated carbocycles. The Hall–Kier alpha value is -0.120. The lowest BCUT2D eigenvalue weighted by Gasteiger charge is -2.29. The molecule has 0 aromatic carbocycles. The minimum atomic E-state index is 0.683. The van der Waals surface area contributed by atoms with E-state index >= 15 is 0 Å². The van der Waals surface area contributed by atoms with Crippen molar-refractivity contribution in [2.24, 2.45) is 0 Å². The highest BCUT2D eigenvalue weighted by Gasteiger charge is 2.16. The minimum Gasteiger partial charge on any atom is -0.380 e. The fourth-order valence-corrected chi connectivity index (χ4v) is 2.08. The Morgan fingerprint density at radius 1 is 1.27 bits per heavy atom. The Bertz CT molecular complexity index is 160. The summed E-state index contributed by atoms with van der Waals surface area (Å²) in [5.74, 6) is 0. The van der Waals surface area contributed by atoms with Crippen molar-refractivity contribution < 1.29 is 4.74 Å². The van der Waals surface area contributed by atoms with Gasteiger partial charge in [0, 0.05) is 32.3 Å². The van der Waals surface area contributed by atoms with Crippen LogP contribution in [0.15, 0.2) is 0 Å². The molecule has 15 heavy (non-hydrogen) atoms. The molecule has 90 valence electrons. The maximum Gasteiger partial charge on any atom is 0.0593 e. The zero-order valence-electron chi connectivity index (χ0n) is 10.5. The third kappa shape index (κ3) is 4.49. The zero-order valence-corrected chi connectivity index (χ0v) is 10.5. The standard InChI is InChI=1S/C12H26N2O/c1-4-13(5-2)7-8-14-9-11-15-10-6-12(14)3/h12H,4-11H2,1-3H3. The number of likely N-dealkylation sites (N-methyl/N-ethyl adjacent to an activating group) is 1. The monoisotopic (exact) mass is 214 g/mol. The molecule has 0 aromatic heterocycles. The van der Waals surface area contributed by atoms with Crippen LogP contribution in [-0.4, -0.2) is 61.8 Å². The van der Waals surface area contributed by atoms with E-state index in [-0.39, 0.29) is 0 Å². The molecule has 0 radical (unpaired) electrons. The molecule has 1 aliphatic heterocycles. The molecule has 1 atom stereocenters. The first-order chi connectivity index (χ1) is 7.27. The maximum absolute atomic E-state index is 5.50. The molecule has 0 spiro atoms. The first-order valence-electron chi connectivity index (χ1n) is 6.32. The van der Waals surface area contributed by atoms with Gasteiger partial charge >= 0.3 is 0 Å². The van der Waals surface area contributed by atoms with Gasteiger partial charge in [0.1, 0.15) is 0 Å². The van der Waals surface area contributed by atoms with Gasteiger partial charge in [0.15, 0.2) is 0 Å². The number of hydrogen-bond acceptors (Lipinski definition) is 3. The SMILES string of the molecule is CCN(CC)CCN1CCOCCC1C. The van der Waals surface area contributed by atoms with Crippen LogP contribution in [0.5, 0.6) is 0 Å². The molecule has 3 heteroatoms. The lowest BCUT2D eigenvalue weighted by atomic mass is 10.2. The van der Waals surface area contributed by atoms with E-state index in [9.17, 15) is 0 Å². The lowest BCUT2D eigenvalue weighted by molar-refractivity contribution is 0.136. The number of nitrogens with zero attached hydrogens (tertiary/aromatic N) is 2. The number of hydrogen-bond donors (Lipinski definition) is 0. The van der Waals surface area contributed by atoms with Crippen LogP contribution in [0, 0.1) is 0 Å². The topological polar surface area (TPSA) is 15.7 Å². The highest BCUT2D eigenvalue weighted by molar-refractivity contribution is 4.71. The molecular formula is C12H26N2O. The van der Waals surface area contributed by atoms with E-state index < -0.39 is 0 Å². The summed E-state index contributed by atoms with van der Waals surface area (Å²) in [5.41, 5.74) is 0. The summed E-state index contributed by atoms with van der Waals surface area (Å²) in [6, 6.07) is 0.683. The molecule has 3 nitrogen and oxygen atoms in total. The quantitative estimate of drug-likeness (QED) is 0.689. The minimum absolute atomic E-state index is 0.683. The summed E-state index contributed by atoms with van der Waals surface area (Å²) in [5, 5.41) is 0. The van der Waals surface area contributed by atoms with Crippen molar-refractivity contribution in [1.82, 2.24) is 9.80 Å². The van der Waals surface area contributed by atoms with Gasteiger partial charge in [-0.1, -0.05) is 13.8 Å². The molecule has 0 bridgehead atoms. The van der Waals surface area contributed by atoms with E-state index in [0.29, 0.717) is 6.04 Å². The largest absolute Gasteiger partial charge is 0.380 e. The Balaban J connectivity index is 2.28. The summed E-state index contributed by atoms with van der Waals surface area (Å²) in [6.45, 7) is 14.4. The first kappa shape index (κ1) is 12.9. The van der Waals surface area contributed by atoms with Gasteiger partial charge in [0.25, 0.3) is 0 Å². The predicted octanol–water partition coefficient (Wildman–Crippen LogP) is 1.44. The lowest BCUT2D eigenvalue weighted by Crippen LogP contribution is -2.40. The summed E-state index contributed by atoms with van der Waals surface area (Å²) in [4.78, 5) is 5.05. The van der Waals surface area contributed by atoms with E-state index in [4.69, 9.17) is 4.74 Å². The molecule has 0 aliphatic carbocycles. The second kappa shape index (κ2) is 7.20. The van der Waals surface area contributed by atoms with Crippen LogP contribution < -0.4 is 0 Å². The van der Waals surface area contributed by atoms with E-state index in [1.807, 2.05) is 0 Å². The fraction of sp³-hybridized carbons (Fsp3) is 1.00. The van der Waals surface area contributed by atoms with Crippen LogP contribution in [0.2, 0.25) is 0 Å². The van der Waals surface area contributed by atoms with Gasteiger partial charge in [-0.05, 0) is 26.4 Å². The molecule has 1 fully saturated rings. The highest BCUT2D eigenvalue weighted by Crippen LogP contribution is 2.08. The second-order valence-electron chi connectivity index (χ2n) is 4.31. The van der Waals surface area contributed by atoms with Gasteiger partial charge < -0.3 is 9.64 Å². The van der Waals surface area contributed by atoms with E-state index in [2.05, 4.69) is 30.6 Å². The van der Waals surface area contributed by atoms with Crippen LogP contribution in [0.4, 0.5) is 0 Å². The summed E-state index contributed by atoms with van der Waals surface area (Å²) >= 11 is 0. The van der Waals surface area contributed by atoms with Crippen LogP contribution in [0.1, 0.15) is 27.2 Å². The van der Waals surface area contributed by atoms with Gasteiger partial charge in [-0.15, -0.1) is 0 Å². The second-order valence-corrected chi connectivity index (χ2v) is 4.31. The van der Waals surface area contributed by atoms with E-state index in [0.717, 1.165) is 32.8 Å². The Morgan fingerprint density at radius 2 is 2.00 bits per heavy atom. The molecule has 1 saturated heterocycles. The normalized spacial score (nSPS) is 24.4. The van der Waals surface area contributed by atoms with Crippen LogP contribution in [-0.2, 0) is 4.74 Å². The average molecular weight is 214 g/mol. The average Bonchev–Trinajstić information content (AvgIpc) is 2.45. The Morgan fingerprint density at radius 3 is 2.67 bits per heavy atom. The third-order valence-electron chi connectivity index (χ3n) is 3.42. The van der Waals surface area contributed by atoms with Crippen LogP contribution >= 0.6 is 0 Å². The molecule has 1 aliphatic rings. The van der Waals surface area contributed by atoms with Crippen LogP contribution in [0.25, 0.3) is 0 Å². The summed E-state index contributed by atoms with van der Waals surface area (Å²) in [7, 11) is 0. The van der Waals surface area contributed by atoms with Crippen molar-refractivity contribution in [3.05, 3.63) is 0 Å². The van der Waals surface area contributed by atoms with Crippen molar-refractivity contribution >= 4 is 0 Å². The summed E-state index contributed by atoms with van der Waals surface area (Å²) < 4.78 is 5.50. The Kier molecular flexibility index (Phi) is 6.22. The van der Waals surface area contributed by atoms with Gasteiger partial charge in [-0.3, -0.25) is 4.90 Å². The molecule has 1 heterocycles. The maximum atomic E-state index is 5.50. The molecule has 1 unspecified atom stereocenters. The van der Waals surface area contributed by atoms with Gasteiger partial charge in [0.2, 0.25) is 0 Å². The van der Waals surface area contributed by atoms with Gasteiger partial charge in [0.05, 0.1) is 6.61 Å². The first-order valence-corrected chi connectivity index (χ1v) is 6.32. The smallest absolute Gasteiger partial charge is 0.0593 e. The molecule has 0 amide bonds. The molecular weight excluding hydrogens is 188 g/mol. The summed E-state index contributed by atoms with van der Waals surface area (Å²) in [6.07, 6.45) is 1.18. The number of ether oxygens (including phenoxy) is 1. The van der Waals surface area contributed by atoms with Crippen LogP contribution in [0.3, 0.4) is 0 Å². The van der Waals surface area contributed by atoms with E-state index in [1.54, 1.807) is 0 Å². The fourth-order valence-electron chi connectivity index (χ4n) is 2.08. The van der Waals surface area contributed by atoms with E-state index in [1.165, 1.54) is 19.5 Å². The van der Waals surface area contributed by atoms with Crippen molar-refractivity contribution in [2.75, 3.05) is 45.9 Å². The molecule has 0 aromatic rings. The zero-order chi connectivity index (χ0) is 11.1. The molecule has 1 rings (SSSR count). The van der Waals surface area contributed by atoms with Crippen molar-refractivity contribution in [1.29, 1.82) is 0 Å². The van der Waals surface area contributed by atoms with Gasteiger partial charge in [-0.2, -0.15) is 0 Å². The molecule has 0 N–H and O–H groups in total. The highest BCUT2D eigenvalue weighted by atomic mass is 16.5. The van der Waals surface area contributed by atoms with Crippen molar-refractivity contribution in [3.63, 3.8) is 0 Å². The van der Waals surface area contributed by atoms with Crippen molar-refractivity contribution in [3.8, 4) is 0 Å². The third-order valence-corrected chi connectivity index (χ3v) is 3.42. The Labute approximate surface area is 94.4 Å². The number of rotatable bonds is 5. The predicted molar refractivity (Wildman–Crippen MR) is 64.3 cm³/mol.